The van der Waals surface area contributed by atoms with Crippen molar-refractivity contribution in [1.29, 1.82) is 5.26 Å². The van der Waals surface area contributed by atoms with Crippen LogP contribution in [0.5, 0.6) is 0 Å². The van der Waals surface area contributed by atoms with Crippen LogP contribution in [0.25, 0.3) is 22.2 Å². The van der Waals surface area contributed by atoms with Crippen molar-refractivity contribution in [2.45, 2.75) is 25.5 Å². The number of rotatable bonds is 6. The monoisotopic (exact) mass is 463 g/mol. The molecule has 2 aromatic heterocycles. The number of nitriles is 1. The number of ether oxygens (including phenoxy) is 1. The molecule has 0 saturated carbocycles. The average molecular weight is 464 g/mol. The van der Waals surface area contributed by atoms with Crippen LogP contribution in [0.2, 0.25) is 0 Å². The predicted octanol–water partition coefficient (Wildman–Crippen LogP) is 4.91. The number of nitrogens with zero attached hydrogens (tertiary/aromatic N) is 3. The van der Waals surface area contributed by atoms with Crippen molar-refractivity contribution in [3.63, 3.8) is 0 Å². The smallest absolute Gasteiger partial charge is 0.350 e. The lowest BCUT2D eigenvalue weighted by Crippen LogP contribution is -2.10. The van der Waals surface area contributed by atoms with Crippen LogP contribution in [0.3, 0.4) is 0 Å². The first kappa shape index (κ1) is 21.9. The van der Waals surface area contributed by atoms with E-state index < -0.39 is 16.8 Å². The summed E-state index contributed by atoms with van der Waals surface area (Å²) in [5.41, 5.74) is 4.76. The summed E-state index contributed by atoms with van der Waals surface area (Å²) in [4.78, 5) is 18.4. The largest absolute Gasteiger partial charge is 0.465 e. The van der Waals surface area contributed by atoms with E-state index in [-0.39, 0.29) is 0 Å². The van der Waals surface area contributed by atoms with Gasteiger partial charge in [0.05, 0.1) is 41.6 Å². The maximum atomic E-state index is 12.7. The molecule has 0 spiro atoms. The molecule has 2 heterocycles. The molecule has 6 nitrogen and oxygen atoms in total. The molecule has 1 unspecified atom stereocenters. The minimum absolute atomic E-state index is 0.415. The van der Waals surface area contributed by atoms with Gasteiger partial charge in [-0.25, -0.2) is 9.78 Å². The van der Waals surface area contributed by atoms with Crippen molar-refractivity contribution < 1.29 is 13.7 Å². The quantitative estimate of drug-likeness (QED) is 0.380. The summed E-state index contributed by atoms with van der Waals surface area (Å²) in [6.07, 6.45) is 0. The van der Waals surface area contributed by atoms with Crippen LogP contribution in [0.4, 0.5) is 0 Å². The Hall–Kier alpha value is -3.28. The van der Waals surface area contributed by atoms with Crippen LogP contribution in [0.15, 0.2) is 53.7 Å². The van der Waals surface area contributed by atoms with Crippen LogP contribution in [0.1, 0.15) is 32.6 Å². The van der Waals surface area contributed by atoms with Gasteiger partial charge in [0.15, 0.2) is 5.16 Å². The molecule has 0 amide bonds. The van der Waals surface area contributed by atoms with E-state index in [1.165, 1.54) is 18.4 Å². The van der Waals surface area contributed by atoms with Gasteiger partial charge in [0.2, 0.25) is 0 Å². The van der Waals surface area contributed by atoms with Crippen molar-refractivity contribution in [2.75, 3.05) is 12.9 Å². The maximum absolute atomic E-state index is 12.7. The molecule has 0 aliphatic heterocycles. The van der Waals surface area contributed by atoms with Gasteiger partial charge in [-0.05, 0) is 29.7 Å². The lowest BCUT2D eigenvalue weighted by Gasteiger charge is -2.11. The average Bonchev–Trinajstić information content (AvgIpc) is 3.36. The van der Waals surface area contributed by atoms with Crippen molar-refractivity contribution >= 4 is 39.1 Å². The van der Waals surface area contributed by atoms with Crippen molar-refractivity contribution in [3.05, 3.63) is 69.4 Å². The van der Waals surface area contributed by atoms with Gasteiger partial charge in [0.1, 0.15) is 10.4 Å². The van der Waals surface area contributed by atoms with Crippen LogP contribution in [0, 0.1) is 18.3 Å². The highest BCUT2D eigenvalue weighted by molar-refractivity contribution is 7.84. The molecule has 4 rings (SSSR count). The van der Waals surface area contributed by atoms with E-state index in [9.17, 15) is 14.3 Å². The summed E-state index contributed by atoms with van der Waals surface area (Å²) in [5, 5.41) is 9.84. The minimum atomic E-state index is -1.29. The third-order valence-corrected chi connectivity index (χ3v) is 7.53. The van der Waals surface area contributed by atoms with Crippen molar-refractivity contribution in [2.24, 2.45) is 0 Å². The summed E-state index contributed by atoms with van der Waals surface area (Å²) in [7, 11) is 0.0655. The summed E-state index contributed by atoms with van der Waals surface area (Å²) in [6, 6.07) is 17.6. The van der Waals surface area contributed by atoms with Crippen LogP contribution >= 0.6 is 11.3 Å². The second-order valence-electron chi connectivity index (χ2n) is 7.15. The fourth-order valence-corrected chi connectivity index (χ4v) is 5.51. The Morgan fingerprint density at radius 1 is 1.22 bits per heavy atom. The first-order valence-electron chi connectivity index (χ1n) is 10.0. The molecule has 162 valence electrons. The third kappa shape index (κ3) is 3.85. The number of hydrogen-bond donors (Lipinski definition) is 0. The molecule has 1 atom stereocenters. The van der Waals surface area contributed by atoms with Gasteiger partial charge in [-0.1, -0.05) is 49.4 Å². The van der Waals surface area contributed by atoms with Crippen molar-refractivity contribution in [3.8, 4) is 17.2 Å². The maximum Gasteiger partial charge on any atom is 0.350 e. The molecule has 0 fully saturated rings. The van der Waals surface area contributed by atoms with E-state index in [2.05, 4.69) is 11.1 Å². The molecular weight excluding hydrogens is 442 g/mol. The fourth-order valence-electron chi connectivity index (χ4n) is 3.64. The van der Waals surface area contributed by atoms with Gasteiger partial charge in [-0.15, -0.1) is 11.3 Å². The summed E-state index contributed by atoms with van der Waals surface area (Å²) in [6.45, 7) is 4.16. The molecule has 0 radical (unpaired) electrons. The molecule has 32 heavy (non-hydrogen) atoms. The Bertz CT molecular complexity index is 1380. The van der Waals surface area contributed by atoms with E-state index in [1.54, 1.807) is 6.07 Å². The first-order valence-corrected chi connectivity index (χ1v) is 12.2. The Morgan fingerprint density at radius 2 is 1.94 bits per heavy atom. The predicted molar refractivity (Wildman–Crippen MR) is 126 cm³/mol. The Kier molecular flexibility index (Phi) is 6.21. The normalized spacial score (nSPS) is 11.9. The lowest BCUT2D eigenvalue weighted by atomic mass is 9.99. The topological polar surface area (TPSA) is 85.0 Å². The number of aryl methyl sites for hydroxylation is 1. The zero-order chi connectivity index (χ0) is 22.8. The van der Waals surface area contributed by atoms with E-state index >= 15 is 0 Å². The molecule has 0 N–H and O–H groups in total. The zero-order valence-corrected chi connectivity index (χ0v) is 19.5. The Balaban J connectivity index is 1.79. The minimum Gasteiger partial charge on any atom is -0.465 e. The highest BCUT2D eigenvalue weighted by Crippen LogP contribution is 2.34. The number of fused-ring (bicyclic) bond motifs is 1. The number of hydrogen-bond acceptors (Lipinski definition) is 6. The number of esters is 1. The number of methoxy groups -OCH3 is 1. The number of benzene rings is 2. The zero-order valence-electron chi connectivity index (χ0n) is 17.9. The van der Waals surface area contributed by atoms with E-state index in [0.29, 0.717) is 38.9 Å². The second-order valence-corrected chi connectivity index (χ2v) is 10.0. The van der Waals surface area contributed by atoms with E-state index in [4.69, 9.17) is 4.74 Å². The molecular formula is C24H21N3O3S2. The van der Waals surface area contributed by atoms with Gasteiger partial charge in [-0.3, -0.25) is 4.21 Å². The van der Waals surface area contributed by atoms with Crippen LogP contribution in [-0.4, -0.2) is 32.6 Å². The van der Waals surface area contributed by atoms with Crippen molar-refractivity contribution in [1.82, 2.24) is 9.55 Å². The number of carbonyl (C=O) groups excluding carboxylic acids is 1. The van der Waals surface area contributed by atoms with Gasteiger partial charge < -0.3 is 9.30 Å². The highest BCUT2D eigenvalue weighted by Gasteiger charge is 2.25. The van der Waals surface area contributed by atoms with Gasteiger partial charge in [0.25, 0.3) is 0 Å². The number of aromatic nitrogens is 2. The number of carbonyl (C=O) groups is 1. The lowest BCUT2D eigenvalue weighted by molar-refractivity contribution is 0.0608. The summed E-state index contributed by atoms with van der Waals surface area (Å²) in [5.74, 6) is 0.00558. The molecule has 8 heteroatoms. The van der Waals surface area contributed by atoms with E-state index in [0.717, 1.165) is 21.6 Å². The SMILES string of the molecule is CCS(=O)c1nc2c(C)sc(C(=O)OC)c2n1Cc1ccc(-c2ccccc2C#N)cc1. The van der Waals surface area contributed by atoms with Crippen LogP contribution < -0.4 is 0 Å². The third-order valence-electron chi connectivity index (χ3n) is 5.23. The van der Waals surface area contributed by atoms with Gasteiger partial charge in [0, 0.05) is 10.6 Å². The molecule has 2 aromatic carbocycles. The van der Waals surface area contributed by atoms with Gasteiger partial charge >= 0.3 is 5.97 Å². The summed E-state index contributed by atoms with van der Waals surface area (Å²) < 4.78 is 19.6. The molecule has 0 aliphatic rings. The molecule has 0 aliphatic carbocycles. The fraction of sp³-hybridized carbons (Fsp3) is 0.208. The molecule has 4 aromatic rings. The summed E-state index contributed by atoms with van der Waals surface area (Å²) >= 11 is 1.34. The standard InChI is InChI=1S/C24H21N3O3S2/c1-4-32(29)24-26-20-15(2)31-22(23(28)30-3)21(20)27(24)14-16-9-11-17(12-10-16)19-8-6-5-7-18(19)13-25/h5-12H,4,14H2,1-3H3. The molecule has 0 saturated heterocycles. The van der Waals surface area contributed by atoms with Crippen LogP contribution in [-0.2, 0) is 22.1 Å². The second kappa shape index (κ2) is 9.07. The Morgan fingerprint density at radius 3 is 2.59 bits per heavy atom. The Labute approximate surface area is 192 Å². The molecule has 0 bridgehead atoms. The first-order chi connectivity index (χ1) is 15.5. The highest BCUT2D eigenvalue weighted by atomic mass is 32.2. The number of thiophene rings is 1. The number of imidazole rings is 1. The van der Waals surface area contributed by atoms with Gasteiger partial charge in [-0.2, -0.15) is 5.26 Å². The van der Waals surface area contributed by atoms with E-state index in [1.807, 2.05) is 60.9 Å².